The monoisotopic (exact) mass is 250 g/mol. The molecular weight excluding hydrogens is 244 g/mol. The first-order chi connectivity index (χ1) is 8.18. The Hall–Kier alpha value is -2.35. The summed E-state index contributed by atoms with van der Waals surface area (Å²) >= 11 is 0.896. The first-order valence-electron chi connectivity index (χ1n) is 4.44. The van der Waals surface area contributed by atoms with Crippen LogP contribution in [0, 0.1) is 0 Å². The Morgan fingerprint density at radius 3 is 2.82 bits per heavy atom. The minimum Gasteiger partial charge on any atom is -0.478 e. The largest absolute Gasteiger partial charge is 0.478 e. The average Bonchev–Trinajstić information content (AvgIpc) is 2.83. The van der Waals surface area contributed by atoms with Crippen LogP contribution in [-0.4, -0.2) is 30.7 Å². The van der Waals surface area contributed by atoms with Crippen molar-refractivity contribution in [1.29, 1.82) is 0 Å². The Balaban J connectivity index is 2.25. The van der Waals surface area contributed by atoms with Gasteiger partial charge in [0, 0.05) is 6.20 Å². The van der Waals surface area contributed by atoms with Gasteiger partial charge in [-0.15, -0.1) is 0 Å². The van der Waals surface area contributed by atoms with E-state index in [0.29, 0.717) is 0 Å². The number of hydrogen-bond donors (Lipinski definition) is 2. The molecule has 2 heterocycles. The Morgan fingerprint density at radius 2 is 2.18 bits per heavy atom. The molecule has 0 unspecified atom stereocenters. The highest BCUT2D eigenvalue weighted by atomic mass is 32.1. The van der Waals surface area contributed by atoms with Gasteiger partial charge >= 0.3 is 5.97 Å². The summed E-state index contributed by atoms with van der Waals surface area (Å²) in [5, 5.41) is 11.3. The Labute approximate surface area is 99.5 Å². The van der Waals surface area contributed by atoms with E-state index in [0.717, 1.165) is 11.7 Å². The van der Waals surface area contributed by atoms with Crippen LogP contribution in [0.5, 0.6) is 0 Å². The van der Waals surface area contributed by atoms with Crippen LogP contribution >= 0.6 is 11.7 Å². The SMILES string of the molecule is O=C(Nc1cnccc1C(=O)O)c1cnsn1. The van der Waals surface area contributed by atoms with E-state index in [1.807, 2.05) is 0 Å². The maximum absolute atomic E-state index is 11.6. The minimum atomic E-state index is -1.14. The van der Waals surface area contributed by atoms with Crippen molar-refractivity contribution in [2.24, 2.45) is 0 Å². The molecule has 0 saturated heterocycles. The molecule has 2 aromatic heterocycles. The molecule has 0 spiro atoms. The number of carbonyl (C=O) groups excluding carboxylic acids is 1. The number of pyridine rings is 1. The normalized spacial score (nSPS) is 9.88. The average molecular weight is 250 g/mol. The van der Waals surface area contributed by atoms with Crippen LogP contribution in [-0.2, 0) is 0 Å². The molecule has 0 atom stereocenters. The Morgan fingerprint density at radius 1 is 1.35 bits per heavy atom. The van der Waals surface area contributed by atoms with Crippen molar-refractivity contribution in [3.05, 3.63) is 35.9 Å². The van der Waals surface area contributed by atoms with Gasteiger partial charge in [0.2, 0.25) is 0 Å². The highest BCUT2D eigenvalue weighted by Crippen LogP contribution is 2.14. The summed E-state index contributed by atoms with van der Waals surface area (Å²) < 4.78 is 7.42. The number of carboxylic acid groups (broad SMARTS) is 1. The third kappa shape index (κ3) is 2.42. The van der Waals surface area contributed by atoms with E-state index in [9.17, 15) is 9.59 Å². The number of amides is 1. The van der Waals surface area contributed by atoms with Crippen LogP contribution < -0.4 is 5.32 Å². The summed E-state index contributed by atoms with van der Waals surface area (Å²) in [6.45, 7) is 0. The maximum Gasteiger partial charge on any atom is 0.337 e. The van der Waals surface area contributed by atoms with E-state index in [1.54, 1.807) is 0 Å². The number of carboxylic acids is 1. The number of hydrogen-bond acceptors (Lipinski definition) is 6. The maximum atomic E-state index is 11.6. The van der Waals surface area contributed by atoms with Crippen molar-refractivity contribution in [2.45, 2.75) is 0 Å². The molecular formula is C9H6N4O3S. The molecule has 2 N–H and O–H groups in total. The lowest BCUT2D eigenvalue weighted by Gasteiger charge is -2.05. The van der Waals surface area contributed by atoms with Gasteiger partial charge in [-0.3, -0.25) is 9.78 Å². The first-order valence-corrected chi connectivity index (χ1v) is 5.17. The summed E-state index contributed by atoms with van der Waals surface area (Å²) in [4.78, 5) is 26.3. The second-order valence-electron chi connectivity index (χ2n) is 2.97. The van der Waals surface area contributed by atoms with Gasteiger partial charge in [0.05, 0.1) is 35.4 Å². The van der Waals surface area contributed by atoms with E-state index >= 15 is 0 Å². The number of rotatable bonds is 3. The molecule has 0 fully saturated rings. The zero-order valence-corrected chi connectivity index (χ0v) is 9.14. The van der Waals surface area contributed by atoms with E-state index in [4.69, 9.17) is 5.11 Å². The topological polar surface area (TPSA) is 105 Å². The van der Waals surface area contributed by atoms with Crippen molar-refractivity contribution < 1.29 is 14.7 Å². The summed E-state index contributed by atoms with van der Waals surface area (Å²) in [6, 6.07) is 1.30. The third-order valence-corrected chi connectivity index (χ3v) is 2.37. The zero-order valence-electron chi connectivity index (χ0n) is 8.32. The van der Waals surface area contributed by atoms with Crippen molar-refractivity contribution >= 4 is 29.3 Å². The fourth-order valence-corrected chi connectivity index (χ4v) is 1.54. The van der Waals surface area contributed by atoms with Gasteiger partial charge in [-0.05, 0) is 6.07 Å². The lowest BCUT2D eigenvalue weighted by molar-refractivity contribution is 0.0698. The smallest absolute Gasteiger partial charge is 0.337 e. The van der Waals surface area contributed by atoms with E-state index < -0.39 is 11.9 Å². The number of anilines is 1. The predicted molar refractivity (Wildman–Crippen MR) is 59.1 cm³/mol. The summed E-state index contributed by atoms with van der Waals surface area (Å²) in [5.41, 5.74) is 0.227. The number of aromatic nitrogens is 3. The highest BCUT2D eigenvalue weighted by molar-refractivity contribution is 6.99. The molecule has 0 bridgehead atoms. The minimum absolute atomic E-state index is 0.0310. The molecule has 0 saturated carbocycles. The van der Waals surface area contributed by atoms with Crippen LogP contribution in [0.1, 0.15) is 20.8 Å². The third-order valence-electron chi connectivity index (χ3n) is 1.89. The van der Waals surface area contributed by atoms with Crippen molar-refractivity contribution in [3.63, 3.8) is 0 Å². The summed E-state index contributed by atoms with van der Waals surface area (Å²) in [6.07, 6.45) is 3.90. The van der Waals surface area contributed by atoms with E-state index in [1.165, 1.54) is 24.7 Å². The standard InChI is InChI=1S/C9H6N4O3S/c14-8(7-4-11-17-13-7)12-6-3-10-2-1-5(6)9(15)16/h1-4H,(H,12,14)(H,15,16). The first kappa shape index (κ1) is 11.1. The summed E-state index contributed by atoms with van der Waals surface area (Å²) in [5.74, 6) is -1.66. The molecule has 7 nitrogen and oxygen atoms in total. The predicted octanol–water partition coefficient (Wildman–Crippen LogP) is 0.884. The fraction of sp³-hybridized carbons (Fsp3) is 0. The molecule has 8 heteroatoms. The molecule has 2 rings (SSSR count). The quantitative estimate of drug-likeness (QED) is 0.837. The zero-order chi connectivity index (χ0) is 12.3. The van der Waals surface area contributed by atoms with E-state index in [-0.39, 0.29) is 16.9 Å². The number of nitrogens with zero attached hydrogens (tertiary/aromatic N) is 3. The van der Waals surface area contributed by atoms with Gasteiger partial charge in [-0.25, -0.2) is 4.79 Å². The fourth-order valence-electron chi connectivity index (χ4n) is 1.13. The number of carbonyl (C=O) groups is 2. The van der Waals surface area contributed by atoms with Gasteiger partial charge in [0.1, 0.15) is 0 Å². The van der Waals surface area contributed by atoms with Gasteiger partial charge in [-0.2, -0.15) is 8.75 Å². The van der Waals surface area contributed by atoms with Crippen molar-refractivity contribution in [1.82, 2.24) is 13.7 Å². The van der Waals surface area contributed by atoms with Gasteiger partial charge in [-0.1, -0.05) is 0 Å². The molecule has 1 amide bonds. The number of nitrogens with one attached hydrogen (secondary N) is 1. The Kier molecular flexibility index (Phi) is 3.06. The molecule has 0 aromatic carbocycles. The van der Waals surface area contributed by atoms with Gasteiger partial charge in [0.25, 0.3) is 5.91 Å². The molecule has 0 aliphatic carbocycles. The molecule has 0 aliphatic rings. The second-order valence-corrected chi connectivity index (χ2v) is 3.53. The van der Waals surface area contributed by atoms with Crippen molar-refractivity contribution in [2.75, 3.05) is 5.32 Å². The number of aromatic carboxylic acids is 1. The molecule has 17 heavy (non-hydrogen) atoms. The highest BCUT2D eigenvalue weighted by Gasteiger charge is 2.14. The molecule has 0 radical (unpaired) electrons. The lowest BCUT2D eigenvalue weighted by atomic mass is 10.2. The van der Waals surface area contributed by atoms with Crippen LogP contribution in [0.25, 0.3) is 0 Å². The van der Waals surface area contributed by atoms with Gasteiger partial charge in [0.15, 0.2) is 5.69 Å². The van der Waals surface area contributed by atoms with Crippen LogP contribution in [0.2, 0.25) is 0 Å². The van der Waals surface area contributed by atoms with Crippen molar-refractivity contribution in [3.8, 4) is 0 Å². The Bertz CT molecular complexity index is 555. The van der Waals surface area contributed by atoms with Crippen LogP contribution in [0.3, 0.4) is 0 Å². The van der Waals surface area contributed by atoms with E-state index in [2.05, 4.69) is 19.0 Å². The molecule has 86 valence electrons. The molecule has 2 aromatic rings. The molecule has 0 aliphatic heterocycles. The van der Waals surface area contributed by atoms with Gasteiger partial charge < -0.3 is 10.4 Å². The lowest BCUT2D eigenvalue weighted by Crippen LogP contribution is -2.15. The second kappa shape index (κ2) is 4.66. The van der Waals surface area contributed by atoms with Crippen LogP contribution in [0.4, 0.5) is 5.69 Å². The van der Waals surface area contributed by atoms with Crippen LogP contribution in [0.15, 0.2) is 24.7 Å². The summed E-state index contributed by atoms with van der Waals surface area (Å²) in [7, 11) is 0.